The molecule has 1 saturated heterocycles. The van der Waals surface area contributed by atoms with E-state index in [0.717, 1.165) is 0 Å². The molecule has 0 N–H and O–H groups in total. The number of aryl methyl sites for hydroxylation is 1. The Bertz CT molecular complexity index is 950. The first-order chi connectivity index (χ1) is 12.3. The largest absolute Gasteiger partial charge is 0.373 e. The van der Waals surface area contributed by atoms with Crippen LogP contribution in [-0.4, -0.2) is 48.5 Å². The fourth-order valence-electron chi connectivity index (χ4n) is 2.83. The van der Waals surface area contributed by atoms with E-state index >= 15 is 0 Å². The maximum absolute atomic E-state index is 12.8. The maximum atomic E-state index is 12.8. The van der Waals surface area contributed by atoms with Crippen molar-refractivity contribution in [3.63, 3.8) is 0 Å². The van der Waals surface area contributed by atoms with Gasteiger partial charge in [-0.3, -0.25) is 4.79 Å². The van der Waals surface area contributed by atoms with Crippen molar-refractivity contribution in [3.05, 3.63) is 46.2 Å². The molecule has 0 radical (unpaired) electrons. The summed E-state index contributed by atoms with van der Waals surface area (Å²) in [7, 11) is -1.81. The third-order valence-corrected chi connectivity index (χ3v) is 6.78. The van der Waals surface area contributed by atoms with Gasteiger partial charge in [0.25, 0.3) is 5.91 Å². The van der Waals surface area contributed by atoms with Gasteiger partial charge >= 0.3 is 0 Å². The van der Waals surface area contributed by atoms with Crippen LogP contribution in [0.4, 0.5) is 0 Å². The number of hydrogen-bond acceptors (Lipinski definition) is 5. The van der Waals surface area contributed by atoms with E-state index in [1.165, 1.54) is 39.9 Å². The summed E-state index contributed by atoms with van der Waals surface area (Å²) in [6, 6.07) is 5.91. The van der Waals surface area contributed by atoms with Crippen LogP contribution < -0.4 is 4.80 Å². The summed E-state index contributed by atoms with van der Waals surface area (Å²) >= 11 is 1.36. The van der Waals surface area contributed by atoms with Gasteiger partial charge in [0.2, 0.25) is 10.0 Å². The number of aromatic nitrogens is 1. The molecule has 1 aromatic carbocycles. The highest BCUT2D eigenvalue weighted by Crippen LogP contribution is 2.21. The summed E-state index contributed by atoms with van der Waals surface area (Å²) in [6.07, 6.45) is 1.51. The number of ether oxygens (including phenoxy) is 1. The van der Waals surface area contributed by atoms with Crippen LogP contribution in [0.15, 0.2) is 45.7 Å². The molecule has 1 aliphatic rings. The van der Waals surface area contributed by atoms with Gasteiger partial charge in [0, 0.05) is 37.3 Å². The molecule has 26 heavy (non-hydrogen) atoms. The monoisotopic (exact) mass is 395 g/mol. The predicted octanol–water partition coefficient (Wildman–Crippen LogP) is 1.63. The molecule has 1 aromatic heterocycles. The van der Waals surface area contributed by atoms with Crippen LogP contribution in [0.1, 0.15) is 24.2 Å². The molecule has 1 aliphatic heterocycles. The Morgan fingerprint density at radius 3 is 2.35 bits per heavy atom. The quantitative estimate of drug-likeness (QED) is 0.791. The SMILES string of the molecule is C[C@H]1CN(S(=O)(=O)c2ccc(C(=O)N=c3sccn3C)cc2)C[C@H](C)O1. The van der Waals surface area contributed by atoms with E-state index in [1.54, 1.807) is 4.57 Å². The number of amides is 1. The zero-order chi connectivity index (χ0) is 18.9. The minimum absolute atomic E-state index is 0.153. The lowest BCUT2D eigenvalue weighted by Gasteiger charge is -2.34. The second kappa shape index (κ2) is 7.43. The van der Waals surface area contributed by atoms with Gasteiger partial charge < -0.3 is 9.30 Å². The molecule has 1 fully saturated rings. The number of morpholine rings is 1. The van der Waals surface area contributed by atoms with Crippen molar-refractivity contribution in [2.75, 3.05) is 13.1 Å². The molecule has 2 heterocycles. The lowest BCUT2D eigenvalue weighted by Crippen LogP contribution is -2.48. The number of rotatable bonds is 3. The van der Waals surface area contributed by atoms with Gasteiger partial charge in [-0.2, -0.15) is 9.30 Å². The number of nitrogens with zero attached hydrogens (tertiary/aromatic N) is 3. The number of carbonyl (C=O) groups is 1. The Morgan fingerprint density at radius 1 is 1.19 bits per heavy atom. The Kier molecular flexibility index (Phi) is 5.42. The summed E-state index contributed by atoms with van der Waals surface area (Å²) in [4.78, 5) is 17.1. The highest BCUT2D eigenvalue weighted by molar-refractivity contribution is 7.89. The summed E-state index contributed by atoms with van der Waals surface area (Å²) in [5.41, 5.74) is 0.348. The number of carbonyl (C=O) groups excluding carboxylic acids is 1. The average Bonchev–Trinajstić information content (AvgIpc) is 2.99. The fourth-order valence-corrected chi connectivity index (χ4v) is 5.15. The van der Waals surface area contributed by atoms with Gasteiger partial charge in [-0.1, -0.05) is 0 Å². The van der Waals surface area contributed by atoms with Crippen LogP contribution in [0.25, 0.3) is 0 Å². The molecule has 9 heteroatoms. The molecule has 140 valence electrons. The molecule has 0 aliphatic carbocycles. The normalized spacial score (nSPS) is 22.5. The Labute approximate surface area is 156 Å². The lowest BCUT2D eigenvalue weighted by atomic mass is 10.2. The van der Waals surface area contributed by atoms with Gasteiger partial charge in [0.1, 0.15) is 0 Å². The zero-order valence-electron chi connectivity index (χ0n) is 14.8. The number of sulfonamides is 1. The first-order valence-corrected chi connectivity index (χ1v) is 10.5. The minimum Gasteiger partial charge on any atom is -0.373 e. The maximum Gasteiger partial charge on any atom is 0.279 e. The molecule has 7 nitrogen and oxygen atoms in total. The van der Waals surface area contributed by atoms with Gasteiger partial charge in [-0.15, -0.1) is 11.3 Å². The summed E-state index contributed by atoms with van der Waals surface area (Å²) in [6.45, 7) is 4.34. The van der Waals surface area contributed by atoms with E-state index < -0.39 is 15.9 Å². The van der Waals surface area contributed by atoms with Gasteiger partial charge in [-0.25, -0.2) is 8.42 Å². The lowest BCUT2D eigenvalue weighted by molar-refractivity contribution is -0.0440. The van der Waals surface area contributed by atoms with Gasteiger partial charge in [-0.05, 0) is 38.1 Å². The van der Waals surface area contributed by atoms with Crippen LogP contribution in [0, 0.1) is 0 Å². The van der Waals surface area contributed by atoms with Crippen LogP contribution in [0.2, 0.25) is 0 Å². The third kappa shape index (κ3) is 3.96. The van der Waals surface area contributed by atoms with Gasteiger partial charge in [0.05, 0.1) is 17.1 Å². The molecule has 0 unspecified atom stereocenters. The van der Waals surface area contributed by atoms with Crippen LogP contribution in [-0.2, 0) is 21.8 Å². The highest BCUT2D eigenvalue weighted by Gasteiger charge is 2.32. The summed E-state index contributed by atoms with van der Waals surface area (Å²) in [5, 5.41) is 1.84. The van der Waals surface area contributed by atoms with E-state index in [4.69, 9.17) is 4.74 Å². The fraction of sp³-hybridized carbons (Fsp3) is 0.412. The second-order valence-electron chi connectivity index (χ2n) is 6.32. The van der Waals surface area contributed by atoms with Crippen molar-refractivity contribution in [2.45, 2.75) is 31.0 Å². The molecule has 1 amide bonds. The molecule has 0 saturated carbocycles. The number of hydrogen-bond donors (Lipinski definition) is 0. The van der Waals surface area contributed by atoms with Crippen molar-refractivity contribution in [3.8, 4) is 0 Å². The Morgan fingerprint density at radius 2 is 1.81 bits per heavy atom. The van der Waals surface area contributed by atoms with E-state index in [2.05, 4.69) is 4.99 Å². The van der Waals surface area contributed by atoms with Crippen molar-refractivity contribution in [1.29, 1.82) is 0 Å². The van der Waals surface area contributed by atoms with Gasteiger partial charge in [0.15, 0.2) is 4.80 Å². The first kappa shape index (κ1) is 19.0. The third-order valence-electron chi connectivity index (χ3n) is 4.08. The van der Waals surface area contributed by atoms with E-state index in [9.17, 15) is 13.2 Å². The summed E-state index contributed by atoms with van der Waals surface area (Å²) in [5.74, 6) is -0.402. The molecule has 0 spiro atoms. The average molecular weight is 396 g/mol. The molecule has 2 atom stereocenters. The van der Waals surface area contributed by atoms with Crippen molar-refractivity contribution in [2.24, 2.45) is 12.0 Å². The minimum atomic E-state index is -3.62. The van der Waals surface area contributed by atoms with Crippen molar-refractivity contribution >= 4 is 27.3 Å². The van der Waals surface area contributed by atoms with E-state index in [-0.39, 0.29) is 17.1 Å². The predicted molar refractivity (Wildman–Crippen MR) is 98.4 cm³/mol. The number of thiazole rings is 1. The van der Waals surface area contributed by atoms with Crippen molar-refractivity contribution in [1.82, 2.24) is 8.87 Å². The highest BCUT2D eigenvalue weighted by atomic mass is 32.2. The summed E-state index contributed by atoms with van der Waals surface area (Å²) < 4.78 is 34.4. The Balaban J connectivity index is 1.83. The molecular weight excluding hydrogens is 374 g/mol. The van der Waals surface area contributed by atoms with E-state index in [1.807, 2.05) is 32.5 Å². The standard InChI is InChI=1S/C17H21N3O4S2/c1-12-10-20(11-13(2)24-12)26(22,23)15-6-4-14(5-7-15)16(21)18-17-19(3)8-9-25-17/h4-9,12-13H,10-11H2,1-3H3/t12-,13-/m0/s1. The number of benzene rings is 1. The topological polar surface area (TPSA) is 81.0 Å². The van der Waals surface area contributed by atoms with E-state index in [0.29, 0.717) is 23.5 Å². The zero-order valence-corrected chi connectivity index (χ0v) is 16.5. The smallest absolute Gasteiger partial charge is 0.279 e. The van der Waals surface area contributed by atoms with Crippen LogP contribution >= 0.6 is 11.3 Å². The second-order valence-corrected chi connectivity index (χ2v) is 9.13. The molecule has 0 bridgehead atoms. The van der Waals surface area contributed by atoms with Crippen LogP contribution in [0.3, 0.4) is 0 Å². The van der Waals surface area contributed by atoms with Crippen molar-refractivity contribution < 1.29 is 17.9 Å². The molecule has 3 rings (SSSR count). The molecular formula is C17H21N3O4S2. The van der Waals surface area contributed by atoms with Crippen LogP contribution in [0.5, 0.6) is 0 Å². The Hall–Kier alpha value is -1.81. The first-order valence-electron chi connectivity index (χ1n) is 8.22. The molecule has 2 aromatic rings.